The summed E-state index contributed by atoms with van der Waals surface area (Å²) >= 11 is 0. The lowest BCUT2D eigenvalue weighted by Crippen LogP contribution is -2.39. The number of rotatable bonds is 11. The lowest BCUT2D eigenvalue weighted by Gasteiger charge is -2.14. The summed E-state index contributed by atoms with van der Waals surface area (Å²) in [6, 6.07) is 11.4. The first-order chi connectivity index (χ1) is 17.1. The van der Waals surface area contributed by atoms with Crippen LogP contribution in [0.15, 0.2) is 54.2 Å². The average Bonchev–Trinajstić information content (AvgIpc) is 3.76. The first-order valence-electron chi connectivity index (χ1n) is 11.7. The molecule has 192 valence electrons. The summed E-state index contributed by atoms with van der Waals surface area (Å²) in [5, 5.41) is 15.2. The van der Waals surface area contributed by atoms with Gasteiger partial charge >= 0.3 is 6.36 Å². The van der Waals surface area contributed by atoms with Gasteiger partial charge in [-0.1, -0.05) is 25.0 Å². The Labute approximate surface area is 206 Å². The van der Waals surface area contributed by atoms with E-state index in [-0.39, 0.29) is 17.8 Å². The maximum Gasteiger partial charge on any atom is 0.573 e. The van der Waals surface area contributed by atoms with Crippen molar-refractivity contribution >= 4 is 17.9 Å². The van der Waals surface area contributed by atoms with Gasteiger partial charge in [0.15, 0.2) is 0 Å². The minimum atomic E-state index is -4.82. The molecule has 7 nitrogen and oxygen atoms in total. The number of nitrogens with one attached hydrogen (secondary N) is 2. The number of hydrogen-bond acceptors (Lipinski definition) is 5. The topological polar surface area (TPSA) is 96.9 Å². The Morgan fingerprint density at radius 2 is 1.67 bits per heavy atom. The van der Waals surface area contributed by atoms with Crippen molar-refractivity contribution in [2.24, 2.45) is 5.92 Å². The lowest BCUT2D eigenvalue weighted by molar-refractivity contribution is -0.274. The molecule has 2 aliphatic carbocycles. The summed E-state index contributed by atoms with van der Waals surface area (Å²) in [6.07, 6.45) is 1.13. The molecule has 0 spiro atoms. The minimum Gasteiger partial charge on any atom is -0.494 e. The molecule has 0 atom stereocenters. The van der Waals surface area contributed by atoms with Crippen LogP contribution in [0.4, 0.5) is 13.2 Å². The third-order valence-corrected chi connectivity index (χ3v) is 5.93. The smallest absolute Gasteiger partial charge is 0.494 e. The van der Waals surface area contributed by atoms with Crippen LogP contribution in [0.5, 0.6) is 11.5 Å². The van der Waals surface area contributed by atoms with E-state index in [0.717, 1.165) is 24.5 Å². The predicted octanol–water partition coefficient (Wildman–Crippen LogP) is 4.18. The van der Waals surface area contributed by atoms with E-state index in [4.69, 9.17) is 4.74 Å². The van der Waals surface area contributed by atoms with Crippen LogP contribution in [0, 0.1) is 5.92 Å². The van der Waals surface area contributed by atoms with E-state index < -0.39 is 29.5 Å². The lowest BCUT2D eigenvalue weighted by atomic mass is 10.1. The largest absolute Gasteiger partial charge is 0.573 e. The fourth-order valence-corrected chi connectivity index (χ4v) is 3.40. The highest BCUT2D eigenvalue weighted by molar-refractivity contribution is 6.05. The normalized spacial score (nSPS) is 16.7. The van der Waals surface area contributed by atoms with Crippen molar-refractivity contribution in [3.05, 3.63) is 65.4 Å². The quantitative estimate of drug-likeness (QED) is 0.399. The molecule has 0 aromatic heterocycles. The zero-order valence-electron chi connectivity index (χ0n) is 19.4. The SMILES string of the molecule is O=C(NCC1(O)CC1)/C(=C\c1ccc(OC(F)(F)F)cc1)NC(=O)c1ccc(OCCC2CC2)cc1. The predicted molar refractivity (Wildman–Crippen MR) is 125 cm³/mol. The van der Waals surface area contributed by atoms with Crippen molar-refractivity contribution < 1.29 is 37.3 Å². The minimum absolute atomic E-state index is 0.0182. The van der Waals surface area contributed by atoms with Crippen LogP contribution in [0.3, 0.4) is 0 Å². The van der Waals surface area contributed by atoms with Gasteiger partial charge in [0, 0.05) is 12.1 Å². The van der Waals surface area contributed by atoms with E-state index in [0.29, 0.717) is 30.8 Å². The molecule has 36 heavy (non-hydrogen) atoms. The number of amides is 2. The molecule has 2 aromatic carbocycles. The van der Waals surface area contributed by atoms with Crippen LogP contribution in [0.1, 0.15) is 48.0 Å². The third-order valence-electron chi connectivity index (χ3n) is 5.93. The van der Waals surface area contributed by atoms with Gasteiger partial charge in [0.25, 0.3) is 11.8 Å². The van der Waals surface area contributed by atoms with Crippen molar-refractivity contribution in [3.8, 4) is 11.5 Å². The number of alkyl halides is 3. The van der Waals surface area contributed by atoms with Gasteiger partial charge in [0.1, 0.15) is 17.2 Å². The van der Waals surface area contributed by atoms with E-state index in [1.165, 1.54) is 31.1 Å². The number of ether oxygens (including phenoxy) is 2. The average molecular weight is 505 g/mol. The first-order valence-corrected chi connectivity index (χ1v) is 11.7. The molecule has 0 heterocycles. The van der Waals surface area contributed by atoms with Gasteiger partial charge in [0.05, 0.1) is 12.2 Å². The van der Waals surface area contributed by atoms with Crippen LogP contribution < -0.4 is 20.1 Å². The number of hydrogen-bond donors (Lipinski definition) is 3. The first kappa shape index (κ1) is 25.6. The Hall–Kier alpha value is -3.53. The Balaban J connectivity index is 1.43. The van der Waals surface area contributed by atoms with Crippen molar-refractivity contribution in [2.75, 3.05) is 13.2 Å². The van der Waals surface area contributed by atoms with Gasteiger partial charge in [-0.2, -0.15) is 0 Å². The van der Waals surface area contributed by atoms with E-state index in [9.17, 15) is 27.9 Å². The summed E-state index contributed by atoms with van der Waals surface area (Å²) < 4.78 is 46.8. The monoisotopic (exact) mass is 504 g/mol. The summed E-state index contributed by atoms with van der Waals surface area (Å²) in [7, 11) is 0. The molecule has 2 aromatic rings. The molecule has 3 N–H and O–H groups in total. The molecule has 0 radical (unpaired) electrons. The maximum atomic E-state index is 12.8. The molecule has 4 rings (SSSR count). The van der Waals surface area contributed by atoms with E-state index in [1.807, 2.05) is 0 Å². The highest BCUT2D eigenvalue weighted by atomic mass is 19.4. The number of aliphatic hydroxyl groups is 1. The molecule has 0 aliphatic heterocycles. The molecule has 2 fully saturated rings. The fourth-order valence-electron chi connectivity index (χ4n) is 3.40. The second-order valence-electron chi connectivity index (χ2n) is 9.14. The van der Waals surface area contributed by atoms with Crippen LogP contribution >= 0.6 is 0 Å². The molecule has 0 unspecified atom stereocenters. The fraction of sp³-hybridized carbons (Fsp3) is 0.385. The molecule has 2 aliphatic rings. The Kier molecular flexibility index (Phi) is 7.53. The number of carbonyl (C=O) groups is 2. The number of halogens is 3. The van der Waals surface area contributed by atoms with E-state index in [2.05, 4.69) is 15.4 Å². The molecule has 0 saturated heterocycles. The molecule has 0 bridgehead atoms. The Morgan fingerprint density at radius 1 is 1.03 bits per heavy atom. The summed E-state index contributed by atoms with van der Waals surface area (Å²) in [4.78, 5) is 25.6. The van der Waals surface area contributed by atoms with Gasteiger partial charge in [-0.05, 0) is 73.2 Å². The number of benzene rings is 2. The zero-order chi connectivity index (χ0) is 25.8. The standard InChI is InChI=1S/C26H27F3N2O5/c27-26(28,29)36-21-7-3-18(4-8-21)15-22(24(33)30-16-25(34)12-13-25)31-23(32)19-5-9-20(10-6-19)35-14-11-17-1-2-17/h3-10,15,17,34H,1-2,11-14,16H2,(H,30,33)(H,31,32)/b22-15+. The van der Waals surface area contributed by atoms with Crippen LogP contribution in [-0.4, -0.2) is 42.0 Å². The van der Waals surface area contributed by atoms with Gasteiger partial charge in [-0.15, -0.1) is 13.2 Å². The second kappa shape index (κ2) is 10.6. The molecular weight excluding hydrogens is 477 g/mol. The second-order valence-corrected chi connectivity index (χ2v) is 9.14. The van der Waals surface area contributed by atoms with E-state index in [1.54, 1.807) is 24.3 Å². The zero-order valence-corrected chi connectivity index (χ0v) is 19.4. The van der Waals surface area contributed by atoms with Gasteiger partial charge in [-0.3, -0.25) is 9.59 Å². The van der Waals surface area contributed by atoms with Gasteiger partial charge < -0.3 is 25.2 Å². The maximum absolute atomic E-state index is 12.8. The summed E-state index contributed by atoms with van der Waals surface area (Å²) in [5.41, 5.74) is -0.424. The van der Waals surface area contributed by atoms with Crippen molar-refractivity contribution in [3.63, 3.8) is 0 Å². The molecule has 10 heteroatoms. The van der Waals surface area contributed by atoms with Gasteiger partial charge in [-0.25, -0.2) is 0 Å². The summed E-state index contributed by atoms with van der Waals surface area (Å²) in [5.74, 6) is -0.215. The summed E-state index contributed by atoms with van der Waals surface area (Å²) in [6.45, 7) is 0.632. The highest BCUT2D eigenvalue weighted by Crippen LogP contribution is 2.34. The third kappa shape index (κ3) is 8.01. The van der Waals surface area contributed by atoms with E-state index >= 15 is 0 Å². The van der Waals surface area contributed by atoms with Crippen LogP contribution in [-0.2, 0) is 4.79 Å². The Morgan fingerprint density at radius 3 is 2.25 bits per heavy atom. The highest BCUT2D eigenvalue weighted by Gasteiger charge is 2.40. The molecule has 2 saturated carbocycles. The molecule has 2 amide bonds. The Bertz CT molecular complexity index is 1110. The number of carbonyl (C=O) groups excluding carboxylic acids is 2. The molecular formula is C26H27F3N2O5. The van der Waals surface area contributed by atoms with Gasteiger partial charge in [0.2, 0.25) is 0 Å². The van der Waals surface area contributed by atoms with Crippen molar-refractivity contribution in [2.45, 2.75) is 44.1 Å². The van der Waals surface area contributed by atoms with Crippen LogP contribution in [0.25, 0.3) is 6.08 Å². The van der Waals surface area contributed by atoms with Crippen molar-refractivity contribution in [1.29, 1.82) is 0 Å². The van der Waals surface area contributed by atoms with Crippen LogP contribution in [0.2, 0.25) is 0 Å². The van der Waals surface area contributed by atoms with Crippen molar-refractivity contribution in [1.82, 2.24) is 10.6 Å².